The molecule has 0 bridgehead atoms. The number of ether oxygens (including phenoxy) is 2. The molecule has 3 aliphatic rings. The molecular weight excluding hydrogens is 871 g/mol. The molecule has 0 radical (unpaired) electrons. The van der Waals surface area contributed by atoms with E-state index in [-0.39, 0.29) is 51.7 Å². The van der Waals surface area contributed by atoms with E-state index in [1.54, 1.807) is 18.2 Å². The van der Waals surface area contributed by atoms with Crippen LogP contribution in [0.4, 0.5) is 11.4 Å². The van der Waals surface area contributed by atoms with Crippen LogP contribution in [-0.2, 0) is 69.9 Å². The number of hydroxylamine groups is 2. The second-order valence-electron chi connectivity index (χ2n) is 15.8. The molecule has 2 amide bonds. The normalized spacial score (nSPS) is 21.2. The number of unbranched alkanes of at least 4 members (excludes halogenated alkanes) is 3. The summed E-state index contributed by atoms with van der Waals surface area (Å²) in [5.41, 5.74) is 1.82. The highest BCUT2D eigenvalue weighted by Crippen LogP contribution is 2.51. The Morgan fingerprint density at radius 2 is 1.42 bits per heavy atom. The van der Waals surface area contributed by atoms with Gasteiger partial charge in [-0.05, 0) is 87.9 Å². The van der Waals surface area contributed by atoms with Gasteiger partial charge in [-0.15, -0.1) is 5.06 Å². The molecule has 3 aliphatic heterocycles. The maximum Gasteiger partial charge on any atom is 0.333 e. The van der Waals surface area contributed by atoms with Gasteiger partial charge in [0, 0.05) is 86.9 Å². The molecule has 2 aromatic rings. The van der Waals surface area contributed by atoms with E-state index in [2.05, 4.69) is 0 Å². The Labute approximate surface area is 362 Å². The van der Waals surface area contributed by atoms with Crippen LogP contribution < -0.4 is 4.90 Å². The van der Waals surface area contributed by atoms with E-state index in [0.717, 1.165) is 0 Å². The lowest BCUT2D eigenvalue weighted by atomic mass is 9.75. The molecule has 340 valence electrons. The number of fused-ring (bicyclic) bond motifs is 2. The average molecular weight is 922 g/mol. The van der Waals surface area contributed by atoms with Gasteiger partial charge in [0.1, 0.15) is 26.8 Å². The summed E-state index contributed by atoms with van der Waals surface area (Å²) >= 11 is 0. The van der Waals surface area contributed by atoms with E-state index >= 15 is 0 Å². The van der Waals surface area contributed by atoms with Crippen LogP contribution in [0.2, 0.25) is 0 Å². The second-order valence-corrected chi connectivity index (χ2v) is 20.1. The van der Waals surface area contributed by atoms with Gasteiger partial charge in [0.05, 0.1) is 25.3 Å². The van der Waals surface area contributed by atoms with Crippen molar-refractivity contribution in [3.63, 3.8) is 0 Å². The summed E-state index contributed by atoms with van der Waals surface area (Å²) in [6.07, 6.45) is 7.72. The zero-order chi connectivity index (χ0) is 45.7. The highest BCUT2D eigenvalue weighted by atomic mass is 32.2. The van der Waals surface area contributed by atoms with Crippen molar-refractivity contribution < 1.29 is 72.2 Å². The molecule has 18 nitrogen and oxygen atoms in total. The van der Waals surface area contributed by atoms with Gasteiger partial charge in [0.2, 0.25) is 5.69 Å². The summed E-state index contributed by atoms with van der Waals surface area (Å²) in [5.74, 6) is -2.46. The number of anilines is 1. The van der Waals surface area contributed by atoms with Gasteiger partial charge < -0.3 is 32.9 Å². The molecule has 2 aromatic carbocycles. The van der Waals surface area contributed by atoms with Gasteiger partial charge in [-0.1, -0.05) is 18.9 Å². The van der Waals surface area contributed by atoms with E-state index < -0.39 is 74.5 Å². The van der Waals surface area contributed by atoms with Crippen molar-refractivity contribution in [2.45, 2.75) is 98.7 Å². The van der Waals surface area contributed by atoms with Gasteiger partial charge in [0.15, 0.2) is 12.3 Å². The zero-order valence-electron chi connectivity index (χ0n) is 35.0. The third-order valence-electron chi connectivity index (χ3n) is 11.6. The van der Waals surface area contributed by atoms with Gasteiger partial charge in [-0.2, -0.15) is 4.58 Å². The Kier molecular flexibility index (Phi) is 15.4. The van der Waals surface area contributed by atoms with E-state index in [1.165, 1.54) is 38.5 Å². The molecule has 1 fully saturated rings. The largest absolute Gasteiger partial charge is 0.748 e. The fraction of sp³-hybridized carbons (Fsp3) is 0.512. The van der Waals surface area contributed by atoms with Gasteiger partial charge in [0.25, 0.3) is 11.8 Å². The molecule has 3 heterocycles. The van der Waals surface area contributed by atoms with E-state index in [9.17, 15) is 53.3 Å². The van der Waals surface area contributed by atoms with Crippen LogP contribution >= 0.6 is 0 Å². The molecule has 0 saturated carbocycles. The molecule has 0 aromatic heterocycles. The summed E-state index contributed by atoms with van der Waals surface area (Å²) in [6, 6.07) is 8.29. The molecular formula is C41H51N3O15S3-2. The maximum absolute atomic E-state index is 12.5. The summed E-state index contributed by atoms with van der Waals surface area (Å²) in [6.45, 7) is 4.95. The Bertz CT molecular complexity index is 2490. The monoisotopic (exact) mass is 921 g/mol. The molecule has 5 rings (SSSR count). The number of rotatable bonds is 22. The number of hydrogen-bond acceptors (Lipinski definition) is 16. The topological polar surface area (TPSA) is 260 Å². The molecule has 62 heavy (non-hydrogen) atoms. The van der Waals surface area contributed by atoms with Crippen molar-refractivity contribution in [2.24, 2.45) is 0 Å². The average Bonchev–Trinajstić information content (AvgIpc) is 3.73. The number of methoxy groups -OCH3 is 2. The maximum atomic E-state index is 12.5. The van der Waals surface area contributed by atoms with Gasteiger partial charge in [-0.25, -0.2) is 30.0 Å². The highest BCUT2D eigenvalue weighted by molar-refractivity contribution is 7.86. The van der Waals surface area contributed by atoms with Crippen molar-refractivity contribution in [3.05, 3.63) is 71.5 Å². The zero-order valence-corrected chi connectivity index (χ0v) is 37.4. The first-order valence-electron chi connectivity index (χ1n) is 20.1. The van der Waals surface area contributed by atoms with Crippen LogP contribution in [0.5, 0.6) is 0 Å². The van der Waals surface area contributed by atoms with E-state index in [1.807, 2.05) is 35.5 Å². The quantitative estimate of drug-likeness (QED) is 0.0707. The number of carbonyl (C=O) groups is 3. The first kappa shape index (κ1) is 48.7. The number of carbonyl (C=O) groups excluding carboxylic acids is 3. The van der Waals surface area contributed by atoms with Crippen molar-refractivity contribution in [1.29, 1.82) is 0 Å². The number of benzene rings is 2. The minimum absolute atomic E-state index is 0.0219. The standard InChI is InChI=1S/C41H53N3O15S3/c1-40(20-7-9-26-60(48,49)50)31-27-29(61(51,52)53)15-17-34(31)43(23-25-58-4)35(40)11-10-12-36-41(2,21-24-57-3)32-28-30(62(54,55)56)14-16-33(32)42(36)22-8-5-6-13-39(47)59-44-37(45)18-19-38(44)46/h10-12,14-17,27-28H,5-9,13,18-26H2,1-4H3,(H2-,48,49,50,51,52,53,54,55,56)/p-2. The van der Waals surface area contributed by atoms with Crippen LogP contribution in [-0.4, -0.2) is 118 Å². The van der Waals surface area contributed by atoms with E-state index in [4.69, 9.17) is 14.3 Å². The summed E-state index contributed by atoms with van der Waals surface area (Å²) in [5, 5.41) is 0.503. The van der Waals surface area contributed by atoms with Crippen molar-refractivity contribution >= 4 is 65.2 Å². The lowest BCUT2D eigenvalue weighted by molar-refractivity contribution is -0.441. The molecule has 2 unspecified atom stereocenters. The predicted molar refractivity (Wildman–Crippen MR) is 220 cm³/mol. The fourth-order valence-electron chi connectivity index (χ4n) is 8.38. The minimum atomic E-state index is -4.86. The van der Waals surface area contributed by atoms with Crippen LogP contribution in [0.1, 0.15) is 89.2 Å². The van der Waals surface area contributed by atoms with E-state index in [0.29, 0.717) is 77.7 Å². The predicted octanol–water partition coefficient (Wildman–Crippen LogP) is 3.64. The summed E-state index contributed by atoms with van der Waals surface area (Å²) < 4.78 is 121. The Balaban J connectivity index is 1.54. The molecule has 21 heteroatoms. The Hall–Kier alpha value is -4.35. The third kappa shape index (κ3) is 11.0. The minimum Gasteiger partial charge on any atom is -0.748 e. The van der Waals surface area contributed by atoms with Gasteiger partial charge >= 0.3 is 5.97 Å². The first-order chi connectivity index (χ1) is 29.0. The first-order valence-corrected chi connectivity index (χ1v) is 24.4. The molecule has 0 aliphatic carbocycles. The van der Waals surface area contributed by atoms with Crippen molar-refractivity contribution in [3.8, 4) is 0 Å². The second kappa shape index (κ2) is 19.6. The number of hydrogen-bond donors (Lipinski definition) is 0. The lowest BCUT2D eigenvalue weighted by Gasteiger charge is -2.30. The summed E-state index contributed by atoms with van der Waals surface area (Å²) in [4.78, 5) is 42.3. The van der Waals surface area contributed by atoms with Crippen LogP contribution in [0.15, 0.2) is 70.1 Å². The fourth-order valence-corrected chi connectivity index (χ4v) is 9.93. The summed E-state index contributed by atoms with van der Waals surface area (Å²) in [7, 11) is -11.2. The van der Waals surface area contributed by atoms with Crippen molar-refractivity contribution in [1.82, 2.24) is 5.06 Å². The number of imide groups is 1. The van der Waals surface area contributed by atoms with Crippen LogP contribution in [0.3, 0.4) is 0 Å². The smallest absolute Gasteiger partial charge is 0.333 e. The van der Waals surface area contributed by atoms with Crippen molar-refractivity contribution in [2.75, 3.05) is 51.2 Å². The lowest BCUT2D eigenvalue weighted by Crippen LogP contribution is -2.32. The molecule has 1 saturated heterocycles. The molecule has 0 spiro atoms. The number of allylic oxidation sites excluding steroid dienone is 4. The van der Waals surface area contributed by atoms with Crippen LogP contribution in [0, 0.1) is 0 Å². The van der Waals surface area contributed by atoms with Crippen LogP contribution in [0.25, 0.3) is 0 Å². The molecule has 2 atom stereocenters. The molecule has 0 N–H and O–H groups in total. The van der Waals surface area contributed by atoms with Gasteiger partial charge in [-0.3, -0.25) is 9.59 Å². The highest BCUT2D eigenvalue weighted by Gasteiger charge is 2.48. The SMILES string of the molecule is COCC[N+]1=C(/C=C/C=C2/N(CCCCCC(=O)ON3C(=O)CCC3=O)c3ccc(S(=O)(=O)[O-])cc3C2(C)CCOC)C(C)(CCCCS(=O)(=O)[O-])c2cc(S(=O)(=O)[O-])ccc21. The Morgan fingerprint density at radius 3 is 2.03 bits per heavy atom. The number of nitrogens with zero attached hydrogens (tertiary/aromatic N) is 3. The Morgan fingerprint density at radius 1 is 0.790 bits per heavy atom. The number of amides is 2. The third-order valence-corrected chi connectivity index (χ3v) is 14.1.